The van der Waals surface area contributed by atoms with Crippen molar-refractivity contribution in [2.75, 3.05) is 19.7 Å². The maximum Gasteiger partial charge on any atom is 0.266 e. The molecule has 0 radical (unpaired) electrons. The standard InChI is InChI=1S/C14H16N4O3S/c1-8-5-11(19)17-13(16-8)10-6-18(3-4-21-10)14(20)12-9(2)15-7-22-12/h5,7,10H,3-4,6H2,1-2H3,(H,16,17,19)/t10-/m0/s1. The molecule has 3 rings (SSSR count). The Morgan fingerprint density at radius 2 is 2.32 bits per heavy atom. The minimum Gasteiger partial charge on any atom is -0.367 e. The molecule has 2 aromatic heterocycles. The third-order valence-electron chi connectivity index (χ3n) is 3.49. The average Bonchev–Trinajstić information content (AvgIpc) is 2.92. The largest absolute Gasteiger partial charge is 0.367 e. The SMILES string of the molecule is Cc1cc(=O)[nH]c([C@@H]2CN(C(=O)c3scnc3C)CCO2)n1. The van der Waals surface area contributed by atoms with Crippen LogP contribution in [-0.4, -0.2) is 45.5 Å². The summed E-state index contributed by atoms with van der Waals surface area (Å²) in [6.45, 7) is 4.86. The lowest BCUT2D eigenvalue weighted by Gasteiger charge is -2.32. The van der Waals surface area contributed by atoms with Crippen LogP contribution in [0.4, 0.5) is 0 Å². The Kier molecular flexibility index (Phi) is 4.04. The molecule has 8 heteroatoms. The Labute approximate surface area is 131 Å². The highest BCUT2D eigenvalue weighted by Crippen LogP contribution is 2.22. The molecule has 22 heavy (non-hydrogen) atoms. The summed E-state index contributed by atoms with van der Waals surface area (Å²) in [6.07, 6.45) is -0.418. The van der Waals surface area contributed by atoms with E-state index in [1.165, 1.54) is 17.4 Å². The Hall–Kier alpha value is -2.06. The van der Waals surface area contributed by atoms with Crippen molar-refractivity contribution in [3.05, 3.63) is 44.0 Å². The highest BCUT2D eigenvalue weighted by molar-refractivity contribution is 7.11. The van der Waals surface area contributed by atoms with Crippen LogP contribution in [-0.2, 0) is 4.74 Å². The number of hydrogen-bond acceptors (Lipinski definition) is 6. The molecule has 1 amide bonds. The molecule has 1 fully saturated rings. The van der Waals surface area contributed by atoms with Gasteiger partial charge in [-0.2, -0.15) is 0 Å². The summed E-state index contributed by atoms with van der Waals surface area (Å²) in [7, 11) is 0. The van der Waals surface area contributed by atoms with Gasteiger partial charge in [-0.05, 0) is 13.8 Å². The summed E-state index contributed by atoms with van der Waals surface area (Å²) in [4.78, 5) is 37.6. The first-order valence-electron chi connectivity index (χ1n) is 6.93. The van der Waals surface area contributed by atoms with E-state index in [4.69, 9.17) is 4.74 Å². The molecule has 1 aliphatic rings. The lowest BCUT2D eigenvalue weighted by molar-refractivity contribution is -0.0268. The lowest BCUT2D eigenvalue weighted by atomic mass is 10.2. The van der Waals surface area contributed by atoms with Gasteiger partial charge >= 0.3 is 0 Å². The van der Waals surface area contributed by atoms with Crippen molar-refractivity contribution in [3.8, 4) is 0 Å². The number of rotatable bonds is 2. The van der Waals surface area contributed by atoms with Crippen LogP contribution in [0.5, 0.6) is 0 Å². The van der Waals surface area contributed by atoms with Gasteiger partial charge in [-0.15, -0.1) is 11.3 Å². The van der Waals surface area contributed by atoms with Crippen LogP contribution in [0.25, 0.3) is 0 Å². The first-order valence-corrected chi connectivity index (χ1v) is 7.81. The molecule has 0 bridgehead atoms. The smallest absolute Gasteiger partial charge is 0.266 e. The van der Waals surface area contributed by atoms with Crippen molar-refractivity contribution in [3.63, 3.8) is 0 Å². The van der Waals surface area contributed by atoms with E-state index < -0.39 is 6.10 Å². The number of amides is 1. The maximum atomic E-state index is 12.5. The van der Waals surface area contributed by atoms with Gasteiger partial charge < -0.3 is 14.6 Å². The molecule has 0 aromatic carbocycles. The number of aromatic nitrogens is 3. The van der Waals surface area contributed by atoms with Gasteiger partial charge in [0.2, 0.25) is 0 Å². The van der Waals surface area contributed by atoms with Crippen molar-refractivity contribution in [1.29, 1.82) is 0 Å². The number of aromatic amines is 1. The first kappa shape index (κ1) is 14.9. The van der Waals surface area contributed by atoms with Crippen LogP contribution in [0.1, 0.15) is 33.0 Å². The van der Waals surface area contributed by atoms with Crippen molar-refractivity contribution in [1.82, 2.24) is 19.9 Å². The molecule has 0 spiro atoms. The number of H-pyrrole nitrogens is 1. The molecular weight excluding hydrogens is 304 g/mol. The van der Waals surface area contributed by atoms with Gasteiger partial charge in [0.1, 0.15) is 16.8 Å². The van der Waals surface area contributed by atoms with Gasteiger partial charge in [-0.25, -0.2) is 9.97 Å². The third kappa shape index (κ3) is 2.93. The first-order chi connectivity index (χ1) is 10.5. The maximum absolute atomic E-state index is 12.5. The second-order valence-corrected chi connectivity index (χ2v) is 6.00. The fourth-order valence-electron chi connectivity index (χ4n) is 2.40. The predicted octanol–water partition coefficient (Wildman–Crippen LogP) is 1.06. The molecule has 3 heterocycles. The number of morpholine rings is 1. The highest BCUT2D eigenvalue weighted by Gasteiger charge is 2.29. The quantitative estimate of drug-likeness (QED) is 0.894. The molecule has 2 aromatic rings. The average molecular weight is 320 g/mol. The summed E-state index contributed by atoms with van der Waals surface area (Å²) in [6, 6.07) is 1.43. The summed E-state index contributed by atoms with van der Waals surface area (Å²) in [5.74, 6) is 0.409. The Morgan fingerprint density at radius 3 is 3.00 bits per heavy atom. The van der Waals surface area contributed by atoms with Crippen LogP contribution in [0.15, 0.2) is 16.4 Å². The molecule has 1 atom stereocenters. The van der Waals surface area contributed by atoms with E-state index in [0.717, 1.165) is 5.69 Å². The second kappa shape index (κ2) is 5.98. The molecular formula is C14H16N4O3S. The molecule has 0 unspecified atom stereocenters. The number of carbonyl (C=O) groups excluding carboxylic acids is 1. The Balaban J connectivity index is 1.81. The second-order valence-electron chi connectivity index (χ2n) is 5.15. The number of ether oxygens (including phenoxy) is 1. The zero-order chi connectivity index (χ0) is 15.7. The van der Waals surface area contributed by atoms with E-state index in [2.05, 4.69) is 15.0 Å². The molecule has 0 saturated carbocycles. The molecule has 0 aliphatic carbocycles. The number of nitrogens with zero attached hydrogens (tertiary/aromatic N) is 3. The molecule has 7 nitrogen and oxygen atoms in total. The van der Waals surface area contributed by atoms with E-state index >= 15 is 0 Å². The van der Waals surface area contributed by atoms with E-state index in [0.29, 0.717) is 36.1 Å². The van der Waals surface area contributed by atoms with Gasteiger partial charge in [0.15, 0.2) is 0 Å². The van der Waals surface area contributed by atoms with E-state index in [-0.39, 0.29) is 11.5 Å². The molecule has 1 saturated heterocycles. The number of nitrogens with one attached hydrogen (secondary N) is 1. The summed E-state index contributed by atoms with van der Waals surface area (Å²) < 4.78 is 5.66. The zero-order valence-electron chi connectivity index (χ0n) is 12.3. The van der Waals surface area contributed by atoms with Crippen LogP contribution in [0.2, 0.25) is 0 Å². The fourth-order valence-corrected chi connectivity index (χ4v) is 3.17. The van der Waals surface area contributed by atoms with Gasteiger partial charge in [-0.3, -0.25) is 9.59 Å². The number of thiazole rings is 1. The van der Waals surface area contributed by atoms with Gasteiger partial charge in [-0.1, -0.05) is 0 Å². The third-order valence-corrected chi connectivity index (χ3v) is 4.40. The molecule has 1 aliphatic heterocycles. The van der Waals surface area contributed by atoms with Crippen molar-refractivity contribution in [2.24, 2.45) is 0 Å². The molecule has 116 valence electrons. The van der Waals surface area contributed by atoms with Crippen LogP contribution in [0.3, 0.4) is 0 Å². The number of carbonyl (C=O) groups is 1. The van der Waals surface area contributed by atoms with Crippen LogP contribution >= 0.6 is 11.3 Å². The van der Waals surface area contributed by atoms with E-state index in [1.54, 1.807) is 17.3 Å². The monoisotopic (exact) mass is 320 g/mol. The number of aryl methyl sites for hydroxylation is 2. The van der Waals surface area contributed by atoms with Crippen molar-refractivity contribution < 1.29 is 9.53 Å². The summed E-state index contributed by atoms with van der Waals surface area (Å²) in [5.41, 5.74) is 2.82. The van der Waals surface area contributed by atoms with Gasteiger partial charge in [0.25, 0.3) is 11.5 Å². The number of hydrogen-bond donors (Lipinski definition) is 1. The zero-order valence-corrected chi connectivity index (χ0v) is 13.1. The van der Waals surface area contributed by atoms with Gasteiger partial charge in [0.05, 0.1) is 24.4 Å². The normalized spacial score (nSPS) is 18.5. The minimum atomic E-state index is -0.418. The lowest BCUT2D eigenvalue weighted by Crippen LogP contribution is -2.43. The van der Waals surface area contributed by atoms with Crippen LogP contribution < -0.4 is 5.56 Å². The highest BCUT2D eigenvalue weighted by atomic mass is 32.1. The predicted molar refractivity (Wildman–Crippen MR) is 81.0 cm³/mol. The summed E-state index contributed by atoms with van der Waals surface area (Å²) >= 11 is 1.34. The topological polar surface area (TPSA) is 88.2 Å². The van der Waals surface area contributed by atoms with Crippen molar-refractivity contribution in [2.45, 2.75) is 20.0 Å². The fraction of sp³-hybridized carbons (Fsp3) is 0.429. The van der Waals surface area contributed by atoms with Crippen LogP contribution in [0, 0.1) is 13.8 Å². The minimum absolute atomic E-state index is 0.0525. The van der Waals surface area contributed by atoms with Gasteiger partial charge in [0, 0.05) is 18.3 Å². The molecule has 1 N–H and O–H groups in total. The van der Waals surface area contributed by atoms with Crippen molar-refractivity contribution >= 4 is 17.2 Å². The summed E-state index contributed by atoms with van der Waals surface area (Å²) in [5, 5.41) is 0. The Morgan fingerprint density at radius 1 is 1.50 bits per heavy atom. The van der Waals surface area contributed by atoms with E-state index in [9.17, 15) is 9.59 Å². The van der Waals surface area contributed by atoms with E-state index in [1.807, 2.05) is 6.92 Å². The Bertz CT molecular complexity index is 755.